The Kier molecular flexibility index (Phi) is 6.04. The SMILES string of the molecule is CS(=O)(=O)[O-].C[Se+](C)c1ccccc1. The number of rotatable bonds is 1. The Morgan fingerprint density at radius 2 is 1.50 bits per heavy atom. The second-order valence-electron chi connectivity index (χ2n) is 2.83. The Bertz CT molecular complexity index is 338. The van der Waals surface area contributed by atoms with Crippen molar-refractivity contribution in [2.45, 2.75) is 11.6 Å². The first-order chi connectivity index (χ1) is 6.30. The van der Waals surface area contributed by atoms with E-state index in [2.05, 4.69) is 42.0 Å². The Balaban J connectivity index is 0.000000292. The van der Waals surface area contributed by atoms with Crippen molar-refractivity contribution in [2.75, 3.05) is 6.26 Å². The van der Waals surface area contributed by atoms with Crippen molar-refractivity contribution in [3.05, 3.63) is 30.3 Å². The van der Waals surface area contributed by atoms with Crippen LogP contribution in [0.3, 0.4) is 0 Å². The minimum absolute atomic E-state index is 0.410. The van der Waals surface area contributed by atoms with Crippen molar-refractivity contribution < 1.29 is 13.0 Å². The van der Waals surface area contributed by atoms with Crippen molar-refractivity contribution in [1.29, 1.82) is 0 Å². The van der Waals surface area contributed by atoms with Crippen LogP contribution in [0.1, 0.15) is 0 Å². The predicted octanol–water partition coefficient (Wildman–Crippen LogP) is 0.809. The molecule has 0 bridgehead atoms. The molecule has 5 heteroatoms. The van der Waals surface area contributed by atoms with Crippen LogP contribution < -0.4 is 4.46 Å². The standard InChI is InChI=1S/C8H11Se.CH4O3S/c1-9(2)8-6-4-3-5-7-8;1-5(2,3)4/h3-7H,1-2H3;1H3,(H,2,3,4)/q+1;/p-1. The first-order valence-electron chi connectivity index (χ1n) is 3.84. The minimum atomic E-state index is -3.92. The van der Waals surface area contributed by atoms with Crippen LogP contribution in [-0.2, 0) is 10.1 Å². The van der Waals surface area contributed by atoms with E-state index in [4.69, 9.17) is 13.0 Å². The summed E-state index contributed by atoms with van der Waals surface area (Å²) in [4.78, 5) is 0. The molecule has 0 fully saturated rings. The van der Waals surface area contributed by atoms with E-state index in [1.165, 1.54) is 4.46 Å². The number of benzene rings is 1. The fourth-order valence-electron chi connectivity index (χ4n) is 0.693. The van der Waals surface area contributed by atoms with Crippen molar-refractivity contribution in [3.8, 4) is 0 Å². The fraction of sp³-hybridized carbons (Fsp3) is 0.333. The van der Waals surface area contributed by atoms with E-state index in [0.29, 0.717) is 6.26 Å². The Morgan fingerprint density at radius 1 is 1.14 bits per heavy atom. The molecule has 0 saturated heterocycles. The third-order valence-electron chi connectivity index (χ3n) is 1.21. The first-order valence-corrected chi connectivity index (χ1v) is 9.94. The van der Waals surface area contributed by atoms with E-state index in [0.717, 1.165) is 0 Å². The van der Waals surface area contributed by atoms with Gasteiger partial charge in [-0.05, 0) is 0 Å². The molecule has 80 valence electrons. The van der Waals surface area contributed by atoms with Gasteiger partial charge in [-0.2, -0.15) is 0 Å². The van der Waals surface area contributed by atoms with Gasteiger partial charge in [0.15, 0.2) is 0 Å². The summed E-state index contributed by atoms with van der Waals surface area (Å²) in [5.41, 5.74) is 0. The zero-order valence-corrected chi connectivity index (χ0v) is 11.0. The van der Waals surface area contributed by atoms with E-state index in [1.807, 2.05) is 0 Å². The van der Waals surface area contributed by atoms with Gasteiger partial charge in [0.2, 0.25) is 0 Å². The summed E-state index contributed by atoms with van der Waals surface area (Å²) in [7, 11) is -3.92. The van der Waals surface area contributed by atoms with Crippen LogP contribution in [0.15, 0.2) is 30.3 Å². The molecule has 0 aliphatic rings. The summed E-state index contributed by atoms with van der Waals surface area (Å²) in [5.74, 6) is 4.66. The molecule has 0 radical (unpaired) electrons. The first kappa shape index (κ1) is 13.6. The fourth-order valence-corrected chi connectivity index (χ4v) is 2.16. The normalized spacial score (nSPS) is 10.6. The van der Waals surface area contributed by atoms with Gasteiger partial charge >= 0.3 is 60.3 Å². The number of hydrogen-bond donors (Lipinski definition) is 0. The third kappa shape index (κ3) is 9.74. The van der Waals surface area contributed by atoms with E-state index < -0.39 is 24.0 Å². The van der Waals surface area contributed by atoms with Gasteiger partial charge in [-0.25, -0.2) is 8.42 Å². The van der Waals surface area contributed by atoms with Crippen LogP contribution in [0.5, 0.6) is 0 Å². The molecule has 0 heterocycles. The van der Waals surface area contributed by atoms with Gasteiger partial charge in [-0.15, -0.1) is 0 Å². The van der Waals surface area contributed by atoms with E-state index in [9.17, 15) is 0 Å². The summed E-state index contributed by atoms with van der Waals surface area (Å²) in [6.45, 7) is 0. The van der Waals surface area contributed by atoms with Gasteiger partial charge in [0.1, 0.15) is 0 Å². The molecule has 0 saturated carbocycles. The molecule has 1 aromatic carbocycles. The molecule has 0 atom stereocenters. The average Bonchev–Trinajstić information content (AvgIpc) is 2.03. The maximum absolute atomic E-state index is 9.08. The van der Waals surface area contributed by atoms with E-state index in [-0.39, 0.29) is 0 Å². The molecule has 0 aliphatic carbocycles. The summed E-state index contributed by atoms with van der Waals surface area (Å²) >= 11 is -0.410. The zero-order valence-electron chi connectivity index (χ0n) is 8.43. The second kappa shape index (κ2) is 6.19. The molecule has 0 spiro atoms. The molecule has 3 nitrogen and oxygen atoms in total. The van der Waals surface area contributed by atoms with Crippen LogP contribution in [0, 0.1) is 0 Å². The average molecular weight is 281 g/mol. The van der Waals surface area contributed by atoms with Crippen LogP contribution in [0.4, 0.5) is 0 Å². The molecule has 0 N–H and O–H groups in total. The maximum atomic E-state index is 9.08. The number of hydrogen-bond acceptors (Lipinski definition) is 3. The van der Waals surface area contributed by atoms with Gasteiger partial charge in [-0.3, -0.25) is 0 Å². The molecule has 14 heavy (non-hydrogen) atoms. The van der Waals surface area contributed by atoms with Gasteiger partial charge in [-0.1, -0.05) is 0 Å². The molecule has 0 amide bonds. The van der Waals surface area contributed by atoms with Crippen molar-refractivity contribution >= 4 is 28.5 Å². The van der Waals surface area contributed by atoms with Gasteiger partial charge in [0.05, 0.1) is 10.1 Å². The summed E-state index contributed by atoms with van der Waals surface area (Å²) < 4.78 is 28.8. The zero-order chi connectivity index (χ0) is 11.2. The van der Waals surface area contributed by atoms with Crippen molar-refractivity contribution in [2.24, 2.45) is 0 Å². The molecule has 0 aromatic heterocycles. The summed E-state index contributed by atoms with van der Waals surface area (Å²) in [6.07, 6.45) is 0.604. The van der Waals surface area contributed by atoms with Gasteiger partial charge in [0, 0.05) is 6.26 Å². The third-order valence-corrected chi connectivity index (χ3v) is 3.76. The van der Waals surface area contributed by atoms with Crippen LogP contribution >= 0.6 is 0 Å². The molecular formula is C9H14O3SSe. The van der Waals surface area contributed by atoms with Crippen LogP contribution in [0.25, 0.3) is 0 Å². The van der Waals surface area contributed by atoms with Gasteiger partial charge < -0.3 is 4.55 Å². The van der Waals surface area contributed by atoms with Gasteiger partial charge in [0.25, 0.3) is 0 Å². The molecule has 0 unspecified atom stereocenters. The molecular weight excluding hydrogens is 267 g/mol. The quantitative estimate of drug-likeness (QED) is 0.565. The summed E-state index contributed by atoms with van der Waals surface area (Å²) in [5, 5.41) is 0. The summed E-state index contributed by atoms with van der Waals surface area (Å²) in [6, 6.07) is 10.7. The second-order valence-corrected chi connectivity index (χ2v) is 8.66. The van der Waals surface area contributed by atoms with Crippen molar-refractivity contribution in [3.63, 3.8) is 0 Å². The van der Waals surface area contributed by atoms with Crippen LogP contribution in [-0.4, -0.2) is 33.1 Å². The molecule has 0 aliphatic heterocycles. The van der Waals surface area contributed by atoms with E-state index in [1.54, 1.807) is 0 Å². The Hall–Kier alpha value is -0.351. The monoisotopic (exact) mass is 282 g/mol. The van der Waals surface area contributed by atoms with E-state index >= 15 is 0 Å². The Morgan fingerprint density at radius 3 is 1.71 bits per heavy atom. The molecule has 1 aromatic rings. The topological polar surface area (TPSA) is 57.2 Å². The van der Waals surface area contributed by atoms with Crippen LogP contribution in [0.2, 0.25) is 11.6 Å². The Labute approximate surface area is 89.8 Å². The molecule has 1 rings (SSSR count). The predicted molar refractivity (Wildman–Crippen MR) is 59.2 cm³/mol. The van der Waals surface area contributed by atoms with Crippen molar-refractivity contribution in [1.82, 2.24) is 0 Å².